The van der Waals surface area contributed by atoms with Crippen molar-refractivity contribution in [1.82, 2.24) is 30.4 Å². The largest absolute Gasteiger partial charge is 0.356 e. The third-order valence-electron chi connectivity index (χ3n) is 4.35. The zero-order valence-electron chi connectivity index (χ0n) is 16.5. The van der Waals surface area contributed by atoms with Crippen molar-refractivity contribution in [3.63, 3.8) is 0 Å². The Hall–Kier alpha value is -2.20. The summed E-state index contributed by atoms with van der Waals surface area (Å²) in [7, 11) is 1.95. The molecule has 154 valence electrons. The van der Waals surface area contributed by atoms with Crippen LogP contribution in [0, 0.1) is 6.92 Å². The van der Waals surface area contributed by atoms with Crippen molar-refractivity contribution in [2.45, 2.75) is 26.4 Å². The molecule has 0 atom stereocenters. The average molecular weight is 526 g/mol. The van der Waals surface area contributed by atoms with Crippen molar-refractivity contribution in [2.75, 3.05) is 6.54 Å². The third kappa shape index (κ3) is 7.28. The minimum Gasteiger partial charge on any atom is -0.356 e. The highest BCUT2D eigenvalue weighted by atomic mass is 127. The third-order valence-corrected chi connectivity index (χ3v) is 4.58. The molecule has 0 aliphatic rings. The number of nitrogens with zero attached hydrogens (tertiary/aromatic N) is 5. The van der Waals surface area contributed by atoms with Crippen LogP contribution in [0.3, 0.4) is 0 Å². The Bertz CT molecular complexity index is 910. The van der Waals surface area contributed by atoms with Gasteiger partial charge in [-0.1, -0.05) is 48.0 Å². The molecule has 7 nitrogen and oxygen atoms in total. The van der Waals surface area contributed by atoms with Crippen molar-refractivity contribution in [1.29, 1.82) is 0 Å². The van der Waals surface area contributed by atoms with E-state index in [2.05, 4.69) is 37.9 Å². The van der Waals surface area contributed by atoms with Gasteiger partial charge >= 0.3 is 0 Å². The Balaban J connectivity index is 0.00000300. The first-order valence-electron chi connectivity index (χ1n) is 9.13. The predicted octanol–water partition coefficient (Wildman–Crippen LogP) is 3.27. The van der Waals surface area contributed by atoms with Crippen molar-refractivity contribution in [3.05, 3.63) is 76.6 Å². The van der Waals surface area contributed by atoms with Crippen molar-refractivity contribution < 1.29 is 0 Å². The summed E-state index contributed by atoms with van der Waals surface area (Å²) >= 11 is 5.84. The van der Waals surface area contributed by atoms with E-state index in [-0.39, 0.29) is 24.0 Å². The molecule has 2 aromatic heterocycles. The molecule has 0 unspecified atom stereocenters. The molecule has 2 heterocycles. The van der Waals surface area contributed by atoms with Crippen LogP contribution in [0.2, 0.25) is 5.15 Å². The van der Waals surface area contributed by atoms with Gasteiger partial charge in [0.15, 0.2) is 11.8 Å². The molecule has 0 spiro atoms. The summed E-state index contributed by atoms with van der Waals surface area (Å²) in [5.74, 6) is 2.46. The molecule has 3 rings (SSSR count). The van der Waals surface area contributed by atoms with Crippen molar-refractivity contribution >= 4 is 41.5 Å². The number of hydrogen-bond donors (Lipinski definition) is 2. The second-order valence-electron chi connectivity index (χ2n) is 6.39. The first-order valence-corrected chi connectivity index (χ1v) is 9.51. The van der Waals surface area contributed by atoms with Gasteiger partial charge in [0.2, 0.25) is 0 Å². The number of nitrogens with one attached hydrogen (secondary N) is 2. The molecule has 0 saturated carbocycles. The molecular weight excluding hydrogens is 501 g/mol. The van der Waals surface area contributed by atoms with E-state index in [4.69, 9.17) is 16.6 Å². The highest BCUT2D eigenvalue weighted by Gasteiger charge is 2.06. The standard InChI is InChI=1S/C20H24ClN7.HI/c1-15-26-27-19(28(15)2)14-25-20(24-13-16-6-4-3-5-7-16)22-11-10-17-8-9-18(21)23-12-17;/h3-9,12H,10-11,13-14H2,1-2H3,(H2,22,24,25);1H. The Morgan fingerprint density at radius 1 is 1.07 bits per heavy atom. The zero-order valence-corrected chi connectivity index (χ0v) is 19.6. The minimum atomic E-state index is 0. The van der Waals surface area contributed by atoms with Gasteiger partial charge in [0.1, 0.15) is 11.0 Å². The van der Waals surface area contributed by atoms with Crippen LogP contribution in [-0.4, -0.2) is 32.3 Å². The fourth-order valence-corrected chi connectivity index (χ4v) is 2.69. The fraction of sp³-hybridized carbons (Fsp3) is 0.300. The summed E-state index contributed by atoms with van der Waals surface area (Å²) < 4.78 is 1.96. The molecular formula is C20H25ClIN7. The van der Waals surface area contributed by atoms with Gasteiger partial charge in [-0.2, -0.15) is 0 Å². The van der Waals surface area contributed by atoms with Crippen LogP contribution in [0.5, 0.6) is 0 Å². The zero-order chi connectivity index (χ0) is 19.8. The maximum atomic E-state index is 5.84. The Labute approximate surface area is 193 Å². The molecule has 29 heavy (non-hydrogen) atoms. The second-order valence-corrected chi connectivity index (χ2v) is 6.78. The molecule has 0 aliphatic heterocycles. The number of pyridine rings is 1. The van der Waals surface area contributed by atoms with E-state index in [1.165, 1.54) is 0 Å². The van der Waals surface area contributed by atoms with E-state index < -0.39 is 0 Å². The molecule has 2 N–H and O–H groups in total. The molecule has 0 saturated heterocycles. The van der Waals surface area contributed by atoms with E-state index in [0.717, 1.165) is 41.7 Å². The molecule has 1 aromatic carbocycles. The van der Waals surface area contributed by atoms with E-state index in [0.29, 0.717) is 18.2 Å². The number of benzene rings is 1. The average Bonchev–Trinajstić information content (AvgIpc) is 3.04. The van der Waals surface area contributed by atoms with E-state index in [1.807, 2.05) is 42.8 Å². The summed E-state index contributed by atoms with van der Waals surface area (Å²) in [4.78, 5) is 8.81. The highest BCUT2D eigenvalue weighted by Crippen LogP contribution is 2.05. The summed E-state index contributed by atoms with van der Waals surface area (Å²) in [6, 6.07) is 13.9. The number of rotatable bonds is 7. The molecule has 0 amide bonds. The molecule has 0 bridgehead atoms. The van der Waals surface area contributed by atoms with Crippen LogP contribution in [-0.2, 0) is 26.6 Å². The van der Waals surface area contributed by atoms with Gasteiger partial charge in [0.25, 0.3) is 0 Å². The first kappa shape index (κ1) is 23.1. The maximum Gasteiger partial charge on any atom is 0.191 e. The number of hydrogen-bond acceptors (Lipinski definition) is 4. The number of aliphatic imine (C=N–C) groups is 1. The van der Waals surface area contributed by atoms with Gasteiger partial charge in [-0.3, -0.25) is 0 Å². The number of aryl methyl sites for hydroxylation is 1. The minimum absolute atomic E-state index is 0. The molecule has 0 fully saturated rings. The quantitative estimate of drug-likeness (QED) is 0.214. The number of halogens is 2. The maximum absolute atomic E-state index is 5.84. The van der Waals surface area contributed by atoms with Gasteiger partial charge in [-0.15, -0.1) is 34.2 Å². The number of aromatic nitrogens is 4. The highest BCUT2D eigenvalue weighted by molar-refractivity contribution is 14.0. The Morgan fingerprint density at radius 2 is 1.86 bits per heavy atom. The van der Waals surface area contributed by atoms with Gasteiger partial charge in [0.05, 0.1) is 13.1 Å². The Morgan fingerprint density at radius 3 is 2.52 bits per heavy atom. The van der Waals surface area contributed by atoms with Crippen LogP contribution in [0.1, 0.15) is 22.8 Å². The first-order chi connectivity index (χ1) is 13.6. The normalized spacial score (nSPS) is 11.1. The van der Waals surface area contributed by atoms with E-state index in [1.54, 1.807) is 12.3 Å². The molecule has 9 heteroatoms. The number of guanidine groups is 1. The van der Waals surface area contributed by atoms with E-state index >= 15 is 0 Å². The SMILES string of the molecule is Cc1nnc(CNC(=NCc2ccccc2)NCCc2ccc(Cl)nc2)n1C.I. The fourth-order valence-electron chi connectivity index (χ4n) is 2.58. The summed E-state index contributed by atoms with van der Waals surface area (Å²) in [5, 5.41) is 15.5. The van der Waals surface area contributed by atoms with Crippen LogP contribution < -0.4 is 10.6 Å². The smallest absolute Gasteiger partial charge is 0.191 e. The van der Waals surface area contributed by atoms with Gasteiger partial charge in [-0.25, -0.2) is 9.98 Å². The van der Waals surface area contributed by atoms with Crippen LogP contribution in [0.25, 0.3) is 0 Å². The lowest BCUT2D eigenvalue weighted by Gasteiger charge is -2.13. The Kier molecular flexibility index (Phi) is 9.33. The van der Waals surface area contributed by atoms with E-state index in [9.17, 15) is 0 Å². The van der Waals surface area contributed by atoms with Gasteiger partial charge in [-0.05, 0) is 30.5 Å². The summed E-state index contributed by atoms with van der Waals surface area (Å²) in [5.41, 5.74) is 2.27. The molecule has 3 aromatic rings. The van der Waals surface area contributed by atoms with Gasteiger partial charge < -0.3 is 15.2 Å². The predicted molar refractivity (Wildman–Crippen MR) is 127 cm³/mol. The summed E-state index contributed by atoms with van der Waals surface area (Å²) in [6.45, 7) is 3.79. The van der Waals surface area contributed by atoms with Crippen LogP contribution in [0.15, 0.2) is 53.7 Å². The second kappa shape index (κ2) is 11.7. The monoisotopic (exact) mass is 525 g/mol. The van der Waals surface area contributed by atoms with Crippen molar-refractivity contribution in [3.8, 4) is 0 Å². The van der Waals surface area contributed by atoms with Gasteiger partial charge in [0, 0.05) is 19.8 Å². The lowest BCUT2D eigenvalue weighted by Crippen LogP contribution is -2.38. The van der Waals surface area contributed by atoms with Crippen LogP contribution >= 0.6 is 35.6 Å². The van der Waals surface area contributed by atoms with Crippen molar-refractivity contribution in [2.24, 2.45) is 12.0 Å². The molecule has 0 aliphatic carbocycles. The van der Waals surface area contributed by atoms with Crippen LogP contribution in [0.4, 0.5) is 0 Å². The lowest BCUT2D eigenvalue weighted by atomic mass is 10.2. The summed E-state index contributed by atoms with van der Waals surface area (Å²) in [6.07, 6.45) is 2.61. The molecule has 0 radical (unpaired) electrons. The lowest BCUT2D eigenvalue weighted by molar-refractivity contribution is 0.712. The topological polar surface area (TPSA) is 80.0 Å².